The third kappa shape index (κ3) is 1.29. The van der Waals surface area contributed by atoms with Crippen LogP contribution >= 0.6 is 0 Å². The van der Waals surface area contributed by atoms with Crippen molar-refractivity contribution in [2.24, 2.45) is 0 Å². The van der Waals surface area contributed by atoms with E-state index in [0.717, 1.165) is 13.1 Å². The van der Waals surface area contributed by atoms with E-state index in [-0.39, 0.29) is 6.03 Å². The molecule has 0 fully saturated rings. The largest absolute Gasteiger partial charge is 0.395 e. The van der Waals surface area contributed by atoms with Gasteiger partial charge in [0.1, 0.15) is 0 Å². The lowest BCUT2D eigenvalue weighted by molar-refractivity contribution is -0.497. The molecule has 1 heterocycles. The maximum Gasteiger partial charge on any atom is 0.390 e. The van der Waals surface area contributed by atoms with E-state index in [1.807, 2.05) is 12.2 Å². The molecule has 0 spiro atoms. The Labute approximate surface area is 54.3 Å². The molecule has 9 heavy (non-hydrogen) atoms. The number of nitrogens with zero attached hydrogens (tertiary/aromatic N) is 1. The number of carbonyl (C=O) groups is 1. The lowest BCUT2D eigenvalue weighted by Crippen LogP contribution is -2.84. The van der Waals surface area contributed by atoms with Gasteiger partial charge in [0.15, 0.2) is 0 Å². The Morgan fingerprint density at radius 2 is 2.11 bits per heavy atom. The zero-order valence-corrected chi connectivity index (χ0v) is 5.21. The van der Waals surface area contributed by atoms with E-state index >= 15 is 0 Å². The van der Waals surface area contributed by atoms with E-state index in [1.54, 1.807) is 4.90 Å². The highest BCUT2D eigenvalue weighted by Gasteiger charge is 2.12. The molecule has 1 rings (SSSR count). The van der Waals surface area contributed by atoms with Crippen molar-refractivity contribution in [3.8, 4) is 0 Å². The minimum atomic E-state index is 0.0139. The number of hydrogen-bond donors (Lipinski definition) is 1. The van der Waals surface area contributed by atoms with Crippen LogP contribution in [0, 0.1) is 7.05 Å². The first-order valence-corrected chi connectivity index (χ1v) is 2.91. The molecule has 1 aliphatic rings. The van der Waals surface area contributed by atoms with Crippen molar-refractivity contribution in [3.63, 3.8) is 0 Å². The summed E-state index contributed by atoms with van der Waals surface area (Å²) in [6.07, 6.45) is 3.95. The van der Waals surface area contributed by atoms with Crippen molar-refractivity contribution in [1.29, 1.82) is 0 Å². The van der Waals surface area contributed by atoms with Gasteiger partial charge in [-0.25, -0.2) is 4.79 Å². The zero-order chi connectivity index (χ0) is 6.69. The van der Waals surface area contributed by atoms with Crippen molar-refractivity contribution in [3.05, 3.63) is 19.2 Å². The van der Waals surface area contributed by atoms with Crippen molar-refractivity contribution in [2.45, 2.75) is 0 Å². The van der Waals surface area contributed by atoms with E-state index in [4.69, 9.17) is 0 Å². The van der Waals surface area contributed by atoms with Crippen LogP contribution < -0.4 is 5.32 Å². The topological polar surface area (TPSA) is 36.9 Å². The highest BCUT2D eigenvalue weighted by atomic mass is 16.2. The van der Waals surface area contributed by atoms with Crippen molar-refractivity contribution in [2.75, 3.05) is 13.1 Å². The van der Waals surface area contributed by atoms with E-state index in [2.05, 4.69) is 7.05 Å². The van der Waals surface area contributed by atoms with Crippen molar-refractivity contribution in [1.82, 2.24) is 4.90 Å². The van der Waals surface area contributed by atoms with E-state index in [9.17, 15) is 4.79 Å². The van der Waals surface area contributed by atoms with Crippen LogP contribution in [0.5, 0.6) is 0 Å². The van der Waals surface area contributed by atoms with Crippen LogP contribution in [0.4, 0.5) is 4.79 Å². The molecule has 0 unspecified atom stereocenters. The summed E-state index contributed by atoms with van der Waals surface area (Å²) in [6.45, 7) is 1.48. The Hall–Kier alpha value is -0.830. The molecule has 0 aromatic carbocycles. The highest BCUT2D eigenvalue weighted by Crippen LogP contribution is 1.95. The fourth-order valence-corrected chi connectivity index (χ4v) is 0.787. The van der Waals surface area contributed by atoms with E-state index in [0.29, 0.717) is 0 Å². The maximum absolute atomic E-state index is 10.8. The maximum atomic E-state index is 10.8. The van der Waals surface area contributed by atoms with Crippen LogP contribution in [0.25, 0.3) is 0 Å². The van der Waals surface area contributed by atoms with Gasteiger partial charge in [0.05, 0.1) is 0 Å². The molecule has 0 saturated heterocycles. The highest BCUT2D eigenvalue weighted by molar-refractivity contribution is 5.64. The van der Waals surface area contributed by atoms with Gasteiger partial charge in [0.25, 0.3) is 0 Å². The minimum absolute atomic E-state index is 0.0139. The second-order valence-corrected chi connectivity index (χ2v) is 1.92. The molecule has 2 amide bonds. The molecule has 0 aromatic heterocycles. The van der Waals surface area contributed by atoms with E-state index in [1.165, 1.54) is 5.32 Å². The minimum Gasteiger partial charge on any atom is -0.395 e. The number of amides is 2. The summed E-state index contributed by atoms with van der Waals surface area (Å²) in [5, 5.41) is 1.34. The zero-order valence-electron chi connectivity index (χ0n) is 5.21. The summed E-state index contributed by atoms with van der Waals surface area (Å²) in [6, 6.07) is 0.0139. The first-order valence-electron chi connectivity index (χ1n) is 2.91. The fourth-order valence-electron chi connectivity index (χ4n) is 0.787. The summed E-state index contributed by atoms with van der Waals surface area (Å²) in [4.78, 5) is 12.5. The smallest absolute Gasteiger partial charge is 0.390 e. The standard InChI is InChI=1S/C6H10N2O/c1-7-6(9)8-4-2-3-5-8/h2-3H,1,4-5,7H2. The number of hydrogen-bond acceptors (Lipinski definition) is 1. The van der Waals surface area contributed by atoms with Gasteiger partial charge in [-0.1, -0.05) is 12.2 Å². The second kappa shape index (κ2) is 2.64. The van der Waals surface area contributed by atoms with E-state index < -0.39 is 0 Å². The summed E-state index contributed by atoms with van der Waals surface area (Å²) in [5.74, 6) is 0. The van der Waals surface area contributed by atoms with Crippen LogP contribution in [0.2, 0.25) is 0 Å². The Bertz CT molecular complexity index is 134. The van der Waals surface area contributed by atoms with Crippen LogP contribution in [0.1, 0.15) is 0 Å². The predicted octanol–water partition coefficient (Wildman–Crippen LogP) is -0.667. The lowest BCUT2D eigenvalue weighted by Gasteiger charge is -2.11. The van der Waals surface area contributed by atoms with Crippen LogP contribution in [0.15, 0.2) is 12.2 Å². The van der Waals surface area contributed by atoms with Crippen LogP contribution in [-0.4, -0.2) is 24.0 Å². The summed E-state index contributed by atoms with van der Waals surface area (Å²) in [5.41, 5.74) is 0. The second-order valence-electron chi connectivity index (χ2n) is 1.92. The van der Waals surface area contributed by atoms with Crippen LogP contribution in [0.3, 0.4) is 0 Å². The Balaban J connectivity index is 2.36. The summed E-state index contributed by atoms with van der Waals surface area (Å²) in [7, 11) is 3.39. The molecular formula is C6H10N2O. The van der Waals surface area contributed by atoms with Gasteiger partial charge >= 0.3 is 6.03 Å². The molecule has 1 aliphatic heterocycles. The number of urea groups is 1. The quantitative estimate of drug-likeness (QED) is 0.339. The number of nitrogens with two attached hydrogens (primary N) is 1. The number of primary amides is 1. The van der Waals surface area contributed by atoms with Gasteiger partial charge in [0, 0.05) is 13.1 Å². The molecule has 0 atom stereocenters. The Morgan fingerprint density at radius 1 is 1.56 bits per heavy atom. The first-order chi connectivity index (χ1) is 4.34. The van der Waals surface area contributed by atoms with Gasteiger partial charge in [-0.15, -0.1) is 7.05 Å². The SMILES string of the molecule is [CH2-][NH2+]C(=O)N1CC=CC1. The van der Waals surface area contributed by atoms with Gasteiger partial charge < -0.3 is 5.32 Å². The fraction of sp³-hybridized carbons (Fsp3) is 0.333. The normalized spacial score (nSPS) is 16.8. The van der Waals surface area contributed by atoms with Crippen molar-refractivity contribution >= 4 is 6.03 Å². The lowest BCUT2D eigenvalue weighted by atomic mass is 10.6. The molecule has 0 bridgehead atoms. The Kier molecular flexibility index (Phi) is 1.85. The van der Waals surface area contributed by atoms with Gasteiger partial charge in [-0.05, 0) is 0 Å². The first kappa shape index (κ1) is 6.29. The molecule has 50 valence electrons. The number of quaternary nitrogens is 1. The molecule has 0 radical (unpaired) electrons. The average molecular weight is 126 g/mol. The van der Waals surface area contributed by atoms with Gasteiger partial charge in [-0.3, -0.25) is 4.90 Å². The van der Waals surface area contributed by atoms with Crippen LogP contribution in [-0.2, 0) is 0 Å². The molecule has 3 nitrogen and oxygen atoms in total. The number of rotatable bonds is 0. The van der Waals surface area contributed by atoms with Gasteiger partial charge in [0.2, 0.25) is 0 Å². The number of carbonyl (C=O) groups excluding carboxylic acids is 1. The molecule has 3 heteroatoms. The molecule has 0 aliphatic carbocycles. The molecular weight excluding hydrogens is 116 g/mol. The van der Waals surface area contributed by atoms with Gasteiger partial charge in [-0.2, -0.15) is 0 Å². The Morgan fingerprint density at radius 3 is 2.56 bits per heavy atom. The predicted molar refractivity (Wildman–Crippen MR) is 33.4 cm³/mol. The molecule has 0 aromatic rings. The molecule has 2 N–H and O–H groups in total. The van der Waals surface area contributed by atoms with Crippen molar-refractivity contribution < 1.29 is 10.1 Å². The monoisotopic (exact) mass is 126 g/mol. The summed E-state index contributed by atoms with van der Waals surface area (Å²) < 4.78 is 0. The summed E-state index contributed by atoms with van der Waals surface area (Å²) >= 11 is 0. The molecule has 0 saturated carbocycles. The third-order valence-electron chi connectivity index (χ3n) is 1.30. The third-order valence-corrected chi connectivity index (χ3v) is 1.30. The average Bonchev–Trinajstić information content (AvgIpc) is 2.37.